The number of rotatable bonds is 8. The molecule has 13 heteroatoms. The van der Waals surface area contributed by atoms with Crippen LogP contribution < -0.4 is 10.2 Å². The molecule has 0 bridgehead atoms. The number of amides is 2. The zero-order valence-corrected chi connectivity index (χ0v) is 25.9. The van der Waals surface area contributed by atoms with Crippen LogP contribution in [-0.2, 0) is 17.4 Å². The van der Waals surface area contributed by atoms with Crippen LogP contribution in [0.25, 0.3) is 11.0 Å². The van der Waals surface area contributed by atoms with Crippen LogP contribution in [0.4, 0.5) is 30.6 Å². The van der Waals surface area contributed by atoms with Gasteiger partial charge in [-0.05, 0) is 55.2 Å². The summed E-state index contributed by atoms with van der Waals surface area (Å²) in [5.74, 6) is 0.924. The highest BCUT2D eigenvalue weighted by Gasteiger charge is 2.30. The normalized spacial score (nSPS) is 15.8. The van der Waals surface area contributed by atoms with Gasteiger partial charge >= 0.3 is 6.18 Å². The van der Waals surface area contributed by atoms with Crippen molar-refractivity contribution in [3.8, 4) is 0 Å². The van der Waals surface area contributed by atoms with E-state index in [0.29, 0.717) is 55.6 Å². The first kappa shape index (κ1) is 31.3. The van der Waals surface area contributed by atoms with Gasteiger partial charge in [0.15, 0.2) is 0 Å². The molecular formula is C33H37F3N8O2. The van der Waals surface area contributed by atoms with E-state index >= 15 is 0 Å². The third kappa shape index (κ3) is 6.77. The molecule has 0 unspecified atom stereocenters. The summed E-state index contributed by atoms with van der Waals surface area (Å²) in [6, 6.07) is 10.9. The minimum absolute atomic E-state index is 0.00790. The van der Waals surface area contributed by atoms with E-state index < -0.39 is 11.7 Å². The summed E-state index contributed by atoms with van der Waals surface area (Å²) < 4.78 is 40.5. The number of anilines is 3. The minimum Gasteiger partial charge on any atom is -0.367 e. The van der Waals surface area contributed by atoms with E-state index in [1.807, 2.05) is 18.2 Å². The molecule has 10 nitrogen and oxygen atoms in total. The number of hydrogen-bond donors (Lipinski definition) is 1. The molecule has 1 N–H and O–H groups in total. The van der Waals surface area contributed by atoms with Gasteiger partial charge in [-0.3, -0.25) is 9.59 Å². The monoisotopic (exact) mass is 634 g/mol. The molecule has 3 aromatic heterocycles. The van der Waals surface area contributed by atoms with Gasteiger partial charge in [0.05, 0.1) is 17.4 Å². The molecule has 0 radical (unpaired) electrons. The van der Waals surface area contributed by atoms with E-state index in [1.165, 1.54) is 12.1 Å². The van der Waals surface area contributed by atoms with Crippen molar-refractivity contribution in [2.24, 2.45) is 0 Å². The summed E-state index contributed by atoms with van der Waals surface area (Å²) in [7, 11) is 3.51. The predicted molar refractivity (Wildman–Crippen MR) is 169 cm³/mol. The lowest BCUT2D eigenvalue weighted by molar-refractivity contribution is -0.137. The maximum absolute atomic E-state index is 13.0. The fraction of sp³-hybridized carbons (Fsp3) is 0.424. The number of carbonyl (C=O) groups excluding carboxylic acids is 2. The Morgan fingerprint density at radius 1 is 0.957 bits per heavy atom. The Hall–Kier alpha value is -4.68. The Kier molecular flexibility index (Phi) is 8.83. The highest BCUT2D eigenvalue weighted by atomic mass is 19.4. The highest BCUT2D eigenvalue weighted by molar-refractivity contribution is 5.98. The van der Waals surface area contributed by atoms with Gasteiger partial charge in [0.1, 0.15) is 17.2 Å². The minimum atomic E-state index is -4.37. The van der Waals surface area contributed by atoms with E-state index in [0.717, 1.165) is 54.5 Å². The summed E-state index contributed by atoms with van der Waals surface area (Å²) in [4.78, 5) is 45.2. The number of alkyl halides is 3. The van der Waals surface area contributed by atoms with Gasteiger partial charge in [-0.2, -0.15) is 18.2 Å². The second-order valence-corrected chi connectivity index (χ2v) is 12.1. The van der Waals surface area contributed by atoms with Crippen molar-refractivity contribution in [3.05, 3.63) is 71.7 Å². The number of pyridine rings is 1. The van der Waals surface area contributed by atoms with Crippen molar-refractivity contribution in [1.29, 1.82) is 0 Å². The summed E-state index contributed by atoms with van der Waals surface area (Å²) in [5, 5.41) is 4.02. The van der Waals surface area contributed by atoms with E-state index in [-0.39, 0.29) is 24.3 Å². The van der Waals surface area contributed by atoms with Crippen molar-refractivity contribution in [3.63, 3.8) is 0 Å². The van der Waals surface area contributed by atoms with Crippen molar-refractivity contribution < 1.29 is 22.8 Å². The van der Waals surface area contributed by atoms with Crippen LogP contribution in [0.2, 0.25) is 0 Å². The average molecular weight is 635 g/mol. The lowest BCUT2D eigenvalue weighted by Crippen LogP contribution is -2.48. The fourth-order valence-electron chi connectivity index (χ4n) is 6.24. The first-order valence-electron chi connectivity index (χ1n) is 15.6. The molecule has 2 aliphatic rings. The van der Waals surface area contributed by atoms with Crippen molar-refractivity contribution in [2.45, 2.75) is 50.7 Å². The fourth-order valence-corrected chi connectivity index (χ4v) is 6.24. The molecule has 1 saturated heterocycles. The predicted octanol–water partition coefficient (Wildman–Crippen LogP) is 5.69. The molecule has 1 aromatic carbocycles. The maximum atomic E-state index is 13.0. The molecule has 4 aromatic rings. The second-order valence-electron chi connectivity index (χ2n) is 12.1. The average Bonchev–Trinajstić information content (AvgIpc) is 3.71. The van der Waals surface area contributed by atoms with Gasteiger partial charge < -0.3 is 24.6 Å². The van der Waals surface area contributed by atoms with Crippen LogP contribution >= 0.6 is 0 Å². The molecule has 0 spiro atoms. The smallest absolute Gasteiger partial charge is 0.367 e. The van der Waals surface area contributed by atoms with E-state index in [2.05, 4.69) is 24.8 Å². The van der Waals surface area contributed by atoms with Crippen molar-refractivity contribution in [2.75, 3.05) is 50.5 Å². The van der Waals surface area contributed by atoms with Gasteiger partial charge in [0.25, 0.3) is 5.91 Å². The van der Waals surface area contributed by atoms with Crippen LogP contribution in [0.3, 0.4) is 0 Å². The zero-order valence-electron chi connectivity index (χ0n) is 25.9. The van der Waals surface area contributed by atoms with Crippen LogP contribution in [-0.4, -0.2) is 81.4 Å². The van der Waals surface area contributed by atoms with E-state index in [4.69, 9.17) is 4.98 Å². The number of piperazine rings is 1. The number of carbonyl (C=O) groups is 2. The molecule has 2 fully saturated rings. The van der Waals surface area contributed by atoms with Crippen LogP contribution in [0, 0.1) is 0 Å². The number of aromatic nitrogens is 4. The van der Waals surface area contributed by atoms with E-state index in [9.17, 15) is 22.8 Å². The molecule has 1 aliphatic heterocycles. The lowest BCUT2D eigenvalue weighted by atomic mass is 10.1. The molecular weight excluding hydrogens is 597 g/mol. The molecule has 1 aliphatic carbocycles. The molecule has 2 amide bonds. The Balaban J connectivity index is 1.05. The molecule has 6 rings (SSSR count). The van der Waals surface area contributed by atoms with Gasteiger partial charge in [0.2, 0.25) is 11.9 Å². The number of hydrogen-bond acceptors (Lipinski definition) is 7. The van der Waals surface area contributed by atoms with Crippen LogP contribution in [0.15, 0.2) is 54.9 Å². The Bertz CT molecular complexity index is 1690. The molecule has 1 saturated carbocycles. The number of nitrogens with one attached hydrogen (secondary N) is 1. The first-order chi connectivity index (χ1) is 22.1. The first-order valence-corrected chi connectivity index (χ1v) is 15.6. The number of aryl methyl sites for hydroxylation is 1. The quantitative estimate of drug-likeness (QED) is 0.266. The number of halogens is 3. The molecule has 46 heavy (non-hydrogen) atoms. The van der Waals surface area contributed by atoms with E-state index in [1.54, 1.807) is 36.3 Å². The second kappa shape index (κ2) is 13.0. The van der Waals surface area contributed by atoms with Crippen molar-refractivity contribution in [1.82, 2.24) is 29.3 Å². The summed E-state index contributed by atoms with van der Waals surface area (Å²) in [5.41, 5.74) is 2.31. The van der Waals surface area contributed by atoms with Gasteiger partial charge in [-0.1, -0.05) is 25.0 Å². The molecule has 0 atom stereocenters. The third-order valence-corrected chi connectivity index (χ3v) is 8.79. The van der Waals surface area contributed by atoms with Crippen LogP contribution in [0.1, 0.15) is 59.8 Å². The number of nitrogens with zero attached hydrogens (tertiary/aromatic N) is 7. The number of fused-ring (bicyclic) bond motifs is 1. The lowest BCUT2D eigenvalue weighted by Gasteiger charge is -2.36. The Morgan fingerprint density at radius 3 is 2.30 bits per heavy atom. The SMILES string of the molecule is CN(C)C(=O)c1cc2cnc(Nc3ccc(N4CCN(C(=O)CCc5ccc(C(F)(F)F)cc5)CC4)cn3)nc2n1C1CCCC1. The van der Waals surface area contributed by atoms with Gasteiger partial charge in [-0.25, -0.2) is 9.97 Å². The van der Waals surface area contributed by atoms with Gasteiger partial charge in [-0.15, -0.1) is 0 Å². The highest BCUT2D eigenvalue weighted by Crippen LogP contribution is 2.35. The Labute approximate surface area is 265 Å². The topological polar surface area (TPSA) is 99.5 Å². The van der Waals surface area contributed by atoms with Crippen LogP contribution in [0.5, 0.6) is 0 Å². The number of benzene rings is 1. The molecule has 242 valence electrons. The summed E-state index contributed by atoms with van der Waals surface area (Å²) in [6.07, 6.45) is 4.07. The zero-order chi connectivity index (χ0) is 32.4. The standard InChI is InChI=1S/C33H37F3N8O2/c1-41(2)31(46)27-19-23-20-38-32(40-30(23)44(27)25-5-3-4-6-25)39-28-13-12-26(21-37-28)42-15-17-43(18-16-42)29(45)14-9-22-7-10-24(11-8-22)33(34,35)36/h7-8,10-13,19-21,25H,3-6,9,14-18H2,1-2H3,(H,37,38,39,40). The molecule has 4 heterocycles. The Morgan fingerprint density at radius 2 is 1.67 bits per heavy atom. The third-order valence-electron chi connectivity index (χ3n) is 8.79. The summed E-state index contributed by atoms with van der Waals surface area (Å²) >= 11 is 0. The summed E-state index contributed by atoms with van der Waals surface area (Å²) in [6.45, 7) is 2.40. The van der Waals surface area contributed by atoms with Gasteiger partial charge in [0, 0.05) is 64.3 Å². The largest absolute Gasteiger partial charge is 0.416 e. The van der Waals surface area contributed by atoms with Crippen molar-refractivity contribution >= 4 is 40.3 Å². The maximum Gasteiger partial charge on any atom is 0.416 e.